The molecule has 0 saturated heterocycles. The molecule has 0 aliphatic heterocycles. The van der Waals surface area contributed by atoms with Crippen LogP contribution in [0.1, 0.15) is 19.8 Å². The number of amides is 1. The Morgan fingerprint density at radius 2 is 2.00 bits per heavy atom. The van der Waals surface area contributed by atoms with Crippen LogP contribution in [0.2, 0.25) is 0 Å². The Morgan fingerprint density at radius 1 is 1.27 bits per heavy atom. The van der Waals surface area contributed by atoms with Gasteiger partial charge in [-0.25, -0.2) is 4.98 Å². The Morgan fingerprint density at radius 3 is 2.64 bits per heavy atom. The predicted octanol–water partition coefficient (Wildman–Crippen LogP) is 3.01. The van der Waals surface area contributed by atoms with Crippen molar-refractivity contribution in [2.45, 2.75) is 19.8 Å². The first kappa shape index (κ1) is 16.0. The molecule has 1 heterocycles. The summed E-state index contributed by atoms with van der Waals surface area (Å²) in [6, 6.07) is 7.53. The molecule has 2 N–H and O–H groups in total. The summed E-state index contributed by atoms with van der Waals surface area (Å²) in [6.45, 7) is 2.54. The summed E-state index contributed by atoms with van der Waals surface area (Å²) in [6.07, 6.45) is -0.254. The number of nitrogens with one attached hydrogen (secondary N) is 1. The molecule has 0 saturated carbocycles. The topological polar surface area (TPSA) is 88.5 Å². The Hall–Kier alpha value is -2.41. The SMILES string of the molecule is CCOc1ccc(-c2csc(NC(=O)CCC(=O)O)n2)cc1. The van der Waals surface area contributed by atoms with E-state index in [0.29, 0.717) is 11.7 Å². The van der Waals surface area contributed by atoms with Crippen LogP contribution >= 0.6 is 11.3 Å². The molecule has 0 spiro atoms. The van der Waals surface area contributed by atoms with Crippen LogP contribution in [0.5, 0.6) is 5.75 Å². The van der Waals surface area contributed by atoms with Crippen molar-refractivity contribution in [2.75, 3.05) is 11.9 Å². The number of carbonyl (C=O) groups is 2. The van der Waals surface area contributed by atoms with Crippen molar-refractivity contribution in [3.8, 4) is 17.0 Å². The first-order valence-corrected chi connectivity index (χ1v) is 7.67. The molecule has 0 aliphatic carbocycles. The maximum atomic E-state index is 11.6. The summed E-state index contributed by atoms with van der Waals surface area (Å²) in [7, 11) is 0. The number of aromatic nitrogens is 1. The third-order valence-corrected chi connectivity index (χ3v) is 3.54. The fourth-order valence-electron chi connectivity index (χ4n) is 1.75. The van der Waals surface area contributed by atoms with Gasteiger partial charge in [0.05, 0.1) is 18.7 Å². The smallest absolute Gasteiger partial charge is 0.303 e. The quantitative estimate of drug-likeness (QED) is 0.818. The van der Waals surface area contributed by atoms with Gasteiger partial charge in [-0.3, -0.25) is 9.59 Å². The zero-order valence-corrected chi connectivity index (χ0v) is 12.9. The van der Waals surface area contributed by atoms with Crippen molar-refractivity contribution >= 4 is 28.3 Å². The average molecular weight is 320 g/mol. The highest BCUT2D eigenvalue weighted by Gasteiger charge is 2.09. The molecule has 2 rings (SSSR count). The number of benzene rings is 1. The summed E-state index contributed by atoms with van der Waals surface area (Å²) in [5.41, 5.74) is 1.67. The van der Waals surface area contributed by atoms with Crippen LogP contribution in [0.4, 0.5) is 5.13 Å². The standard InChI is InChI=1S/C15H16N2O4S/c1-2-21-11-5-3-10(4-6-11)12-9-22-15(16-12)17-13(18)7-8-14(19)20/h3-6,9H,2,7-8H2,1H3,(H,19,20)(H,16,17,18). The van der Waals surface area contributed by atoms with E-state index in [1.54, 1.807) is 0 Å². The molecule has 7 heteroatoms. The Kier molecular flexibility index (Phi) is 5.48. The molecule has 0 radical (unpaired) electrons. The Labute approximate surface area is 131 Å². The van der Waals surface area contributed by atoms with Crippen molar-refractivity contribution in [3.63, 3.8) is 0 Å². The van der Waals surface area contributed by atoms with Crippen LogP contribution in [-0.4, -0.2) is 28.6 Å². The number of hydrogen-bond donors (Lipinski definition) is 2. The number of hydrogen-bond acceptors (Lipinski definition) is 5. The molecule has 0 fully saturated rings. The predicted molar refractivity (Wildman–Crippen MR) is 84.2 cm³/mol. The lowest BCUT2D eigenvalue weighted by Crippen LogP contribution is -2.12. The maximum Gasteiger partial charge on any atom is 0.303 e. The van der Waals surface area contributed by atoms with E-state index in [0.717, 1.165) is 17.0 Å². The second kappa shape index (κ2) is 7.56. The third-order valence-electron chi connectivity index (χ3n) is 2.78. The molecule has 1 aromatic carbocycles. The van der Waals surface area contributed by atoms with Crippen molar-refractivity contribution in [1.82, 2.24) is 4.98 Å². The fraction of sp³-hybridized carbons (Fsp3) is 0.267. The van der Waals surface area contributed by atoms with Crippen LogP contribution in [0.3, 0.4) is 0 Å². The normalized spacial score (nSPS) is 10.2. The van der Waals surface area contributed by atoms with Gasteiger partial charge in [0, 0.05) is 17.4 Å². The molecule has 116 valence electrons. The van der Waals surface area contributed by atoms with Crippen LogP contribution in [0.25, 0.3) is 11.3 Å². The van der Waals surface area contributed by atoms with Gasteiger partial charge in [0.25, 0.3) is 0 Å². The van der Waals surface area contributed by atoms with Gasteiger partial charge in [0.1, 0.15) is 5.75 Å². The van der Waals surface area contributed by atoms with Gasteiger partial charge in [-0.05, 0) is 31.2 Å². The van der Waals surface area contributed by atoms with E-state index in [-0.39, 0.29) is 18.7 Å². The molecule has 22 heavy (non-hydrogen) atoms. The largest absolute Gasteiger partial charge is 0.494 e. The van der Waals surface area contributed by atoms with Gasteiger partial charge in [-0.15, -0.1) is 11.3 Å². The number of carboxylic acids is 1. The maximum absolute atomic E-state index is 11.6. The zero-order chi connectivity index (χ0) is 15.9. The van der Waals surface area contributed by atoms with E-state index in [9.17, 15) is 9.59 Å². The van der Waals surface area contributed by atoms with Gasteiger partial charge in [0.2, 0.25) is 5.91 Å². The number of thiazole rings is 1. The van der Waals surface area contributed by atoms with Crippen molar-refractivity contribution < 1.29 is 19.4 Å². The van der Waals surface area contributed by atoms with Crippen LogP contribution in [0, 0.1) is 0 Å². The minimum absolute atomic E-state index is 0.0622. The lowest BCUT2D eigenvalue weighted by Gasteiger charge is -2.03. The highest BCUT2D eigenvalue weighted by Crippen LogP contribution is 2.26. The second-order valence-corrected chi connectivity index (χ2v) is 5.30. The van der Waals surface area contributed by atoms with E-state index in [2.05, 4.69) is 10.3 Å². The minimum Gasteiger partial charge on any atom is -0.494 e. The van der Waals surface area contributed by atoms with Crippen LogP contribution in [-0.2, 0) is 9.59 Å². The molecule has 1 aromatic heterocycles. The highest BCUT2D eigenvalue weighted by atomic mass is 32.1. The number of ether oxygens (including phenoxy) is 1. The van der Waals surface area contributed by atoms with Gasteiger partial charge in [0.15, 0.2) is 5.13 Å². The van der Waals surface area contributed by atoms with Crippen molar-refractivity contribution in [1.29, 1.82) is 0 Å². The molecular formula is C15H16N2O4S. The van der Waals surface area contributed by atoms with E-state index in [1.165, 1.54) is 11.3 Å². The molecule has 0 aliphatic rings. The molecule has 0 bridgehead atoms. The third kappa shape index (κ3) is 4.56. The average Bonchev–Trinajstić information content (AvgIpc) is 2.95. The second-order valence-electron chi connectivity index (χ2n) is 4.44. The molecule has 2 aromatic rings. The zero-order valence-electron chi connectivity index (χ0n) is 12.0. The highest BCUT2D eigenvalue weighted by molar-refractivity contribution is 7.14. The van der Waals surface area contributed by atoms with Crippen molar-refractivity contribution in [2.24, 2.45) is 0 Å². The van der Waals surface area contributed by atoms with E-state index >= 15 is 0 Å². The summed E-state index contributed by atoms with van der Waals surface area (Å²) in [4.78, 5) is 26.3. The number of carboxylic acid groups (broad SMARTS) is 1. The van der Waals surface area contributed by atoms with Gasteiger partial charge in [-0.1, -0.05) is 0 Å². The fourth-order valence-corrected chi connectivity index (χ4v) is 2.49. The first-order chi connectivity index (χ1) is 10.6. The molecular weight excluding hydrogens is 304 g/mol. The van der Waals surface area contributed by atoms with Gasteiger partial charge in [-0.2, -0.15) is 0 Å². The first-order valence-electron chi connectivity index (χ1n) is 6.79. The molecule has 0 unspecified atom stereocenters. The monoisotopic (exact) mass is 320 g/mol. The van der Waals surface area contributed by atoms with Gasteiger partial charge < -0.3 is 15.2 Å². The van der Waals surface area contributed by atoms with Crippen molar-refractivity contribution in [3.05, 3.63) is 29.6 Å². The van der Waals surface area contributed by atoms with Gasteiger partial charge >= 0.3 is 5.97 Å². The lowest BCUT2D eigenvalue weighted by molar-refractivity contribution is -0.138. The lowest BCUT2D eigenvalue weighted by atomic mass is 10.2. The number of rotatable bonds is 7. The van der Waals surface area contributed by atoms with Crippen LogP contribution in [0.15, 0.2) is 29.6 Å². The summed E-state index contributed by atoms with van der Waals surface area (Å²) >= 11 is 1.30. The summed E-state index contributed by atoms with van der Waals surface area (Å²) < 4.78 is 5.38. The van der Waals surface area contributed by atoms with E-state index in [1.807, 2.05) is 36.6 Å². The minimum atomic E-state index is -0.996. The molecule has 6 nitrogen and oxygen atoms in total. The summed E-state index contributed by atoms with van der Waals surface area (Å²) in [5, 5.41) is 13.4. The summed E-state index contributed by atoms with van der Waals surface area (Å²) in [5.74, 6) is -0.553. The number of anilines is 1. The number of aliphatic carboxylic acids is 1. The van der Waals surface area contributed by atoms with E-state index in [4.69, 9.17) is 9.84 Å². The number of nitrogens with zero attached hydrogens (tertiary/aromatic N) is 1. The molecule has 0 atom stereocenters. The van der Waals surface area contributed by atoms with E-state index < -0.39 is 5.97 Å². The Balaban J connectivity index is 1.98. The van der Waals surface area contributed by atoms with Crippen LogP contribution < -0.4 is 10.1 Å². The molecule has 1 amide bonds. The number of carbonyl (C=O) groups excluding carboxylic acids is 1. The Bertz CT molecular complexity index is 652.